The summed E-state index contributed by atoms with van der Waals surface area (Å²) < 4.78 is 60.7. The Morgan fingerprint density at radius 2 is 1.93 bits per heavy atom. The summed E-state index contributed by atoms with van der Waals surface area (Å²) in [4.78, 5) is 22.9. The van der Waals surface area contributed by atoms with Crippen LogP contribution < -0.4 is 10.2 Å². The zero-order valence-electron chi connectivity index (χ0n) is 22.2. The van der Waals surface area contributed by atoms with Crippen molar-refractivity contribution in [1.82, 2.24) is 9.97 Å². The molecule has 3 aromatic rings. The van der Waals surface area contributed by atoms with E-state index < -0.39 is 33.9 Å². The number of fused-ring (bicyclic) bond motifs is 3. The molecule has 1 fully saturated rings. The van der Waals surface area contributed by atoms with Gasteiger partial charge >= 0.3 is 5.97 Å². The van der Waals surface area contributed by atoms with Crippen LogP contribution in [0.25, 0.3) is 5.57 Å². The third kappa shape index (κ3) is 5.28. The molecule has 1 N–H and O–H groups in total. The topological polar surface area (TPSA) is 101 Å². The molecule has 12 heteroatoms. The normalized spacial score (nSPS) is 20.8. The molecule has 1 aromatic heterocycles. The van der Waals surface area contributed by atoms with Crippen molar-refractivity contribution >= 4 is 50.4 Å². The second-order valence-electron chi connectivity index (χ2n) is 10.5. The van der Waals surface area contributed by atoms with Crippen molar-refractivity contribution in [2.24, 2.45) is 0 Å². The largest absolute Gasteiger partial charge is 0.469 e. The first kappa shape index (κ1) is 27.6. The molecule has 0 amide bonds. The van der Waals surface area contributed by atoms with Gasteiger partial charge in [-0.3, -0.25) is 4.79 Å². The molecule has 41 heavy (non-hydrogen) atoms. The van der Waals surface area contributed by atoms with E-state index in [1.807, 2.05) is 24.3 Å². The number of nitrogens with zero attached hydrogens (tertiary/aromatic N) is 3. The predicted octanol–water partition coefficient (Wildman–Crippen LogP) is 5.41. The van der Waals surface area contributed by atoms with Crippen molar-refractivity contribution in [2.45, 2.75) is 55.5 Å². The SMILES string of the molecule is COC(=O)Cc1cc(F)c(Nc2nc(N3C4C=C(c5ccc(Cl)cc5)CC3CC4)nc3c2S(=O)(=O)CCC3)cc1F. The summed E-state index contributed by atoms with van der Waals surface area (Å²) in [6, 6.07) is 9.59. The van der Waals surface area contributed by atoms with Crippen LogP contribution in [0, 0.1) is 11.6 Å². The van der Waals surface area contributed by atoms with Gasteiger partial charge in [0.15, 0.2) is 15.7 Å². The minimum Gasteiger partial charge on any atom is -0.469 e. The van der Waals surface area contributed by atoms with Crippen molar-refractivity contribution in [3.05, 3.63) is 76.0 Å². The molecule has 4 heterocycles. The Bertz CT molecular complexity index is 1680. The van der Waals surface area contributed by atoms with Gasteiger partial charge in [0.05, 0.1) is 36.7 Å². The Morgan fingerprint density at radius 3 is 2.66 bits per heavy atom. The summed E-state index contributed by atoms with van der Waals surface area (Å²) in [6.07, 6.45) is 5.11. The lowest BCUT2D eigenvalue weighted by molar-refractivity contribution is -0.139. The number of ether oxygens (including phenoxy) is 1. The Morgan fingerprint density at radius 1 is 1.15 bits per heavy atom. The number of benzene rings is 2. The molecule has 214 valence electrons. The minimum atomic E-state index is -3.76. The number of rotatable bonds is 6. The first-order valence-corrected chi connectivity index (χ1v) is 15.4. The number of halogens is 3. The van der Waals surface area contributed by atoms with Gasteiger partial charge in [-0.05, 0) is 61.4 Å². The minimum absolute atomic E-state index is 0.00249. The number of carbonyl (C=O) groups excluding carboxylic acids is 1. The van der Waals surface area contributed by atoms with Gasteiger partial charge in [0.1, 0.15) is 16.5 Å². The third-order valence-electron chi connectivity index (χ3n) is 7.85. The predicted molar refractivity (Wildman–Crippen MR) is 151 cm³/mol. The van der Waals surface area contributed by atoms with Gasteiger partial charge in [0.25, 0.3) is 0 Å². The summed E-state index contributed by atoms with van der Waals surface area (Å²) >= 11 is 6.07. The molecule has 6 rings (SSSR count). The van der Waals surface area contributed by atoms with Crippen LogP contribution in [0.5, 0.6) is 0 Å². The molecule has 2 atom stereocenters. The fourth-order valence-electron chi connectivity index (χ4n) is 5.91. The van der Waals surface area contributed by atoms with Crippen LogP contribution in [0.4, 0.5) is 26.2 Å². The van der Waals surface area contributed by atoms with Gasteiger partial charge in [-0.15, -0.1) is 0 Å². The van der Waals surface area contributed by atoms with E-state index in [9.17, 15) is 17.6 Å². The molecular weight excluding hydrogens is 574 g/mol. The van der Waals surface area contributed by atoms with Crippen molar-refractivity contribution in [3.8, 4) is 0 Å². The number of aromatic nitrogens is 2. The molecular formula is C29H27ClF2N4O4S. The van der Waals surface area contributed by atoms with E-state index in [0.717, 1.165) is 44.1 Å². The Kier molecular flexibility index (Phi) is 7.19. The average Bonchev–Trinajstić information content (AvgIpc) is 3.20. The fourth-order valence-corrected chi connectivity index (χ4v) is 7.66. The first-order chi connectivity index (χ1) is 19.6. The summed E-state index contributed by atoms with van der Waals surface area (Å²) in [5, 5.41) is 3.41. The number of esters is 1. The second-order valence-corrected chi connectivity index (χ2v) is 13.0. The van der Waals surface area contributed by atoms with Gasteiger partial charge in [-0.25, -0.2) is 22.2 Å². The highest BCUT2D eigenvalue weighted by Crippen LogP contribution is 2.42. The van der Waals surface area contributed by atoms with E-state index in [0.29, 0.717) is 29.5 Å². The molecule has 1 saturated heterocycles. The van der Waals surface area contributed by atoms with Crippen LogP contribution in [-0.4, -0.2) is 49.3 Å². The Labute approximate surface area is 241 Å². The lowest BCUT2D eigenvalue weighted by Crippen LogP contribution is -2.40. The van der Waals surface area contributed by atoms with Gasteiger partial charge in [0, 0.05) is 22.7 Å². The summed E-state index contributed by atoms with van der Waals surface area (Å²) in [7, 11) is -2.60. The molecule has 8 nitrogen and oxygen atoms in total. The van der Waals surface area contributed by atoms with E-state index in [-0.39, 0.29) is 39.8 Å². The number of anilines is 3. The van der Waals surface area contributed by atoms with E-state index in [1.54, 1.807) is 0 Å². The number of aryl methyl sites for hydroxylation is 1. The van der Waals surface area contributed by atoms with Crippen LogP contribution in [-0.2, 0) is 32.2 Å². The maximum atomic E-state index is 15.1. The highest BCUT2D eigenvalue weighted by atomic mass is 35.5. The van der Waals surface area contributed by atoms with E-state index in [1.165, 1.54) is 5.57 Å². The van der Waals surface area contributed by atoms with E-state index >= 15 is 4.39 Å². The van der Waals surface area contributed by atoms with Crippen molar-refractivity contribution in [2.75, 3.05) is 23.1 Å². The summed E-state index contributed by atoms with van der Waals surface area (Å²) in [6.45, 7) is 0. The van der Waals surface area contributed by atoms with Crippen molar-refractivity contribution in [3.63, 3.8) is 0 Å². The highest BCUT2D eigenvalue weighted by Gasteiger charge is 2.40. The molecule has 2 unspecified atom stereocenters. The molecule has 3 aliphatic heterocycles. The van der Waals surface area contributed by atoms with Crippen LogP contribution in [0.2, 0.25) is 5.02 Å². The third-order valence-corrected chi connectivity index (χ3v) is 9.98. The maximum Gasteiger partial charge on any atom is 0.310 e. The summed E-state index contributed by atoms with van der Waals surface area (Å²) in [5.74, 6) is -2.23. The lowest BCUT2D eigenvalue weighted by atomic mass is 9.95. The van der Waals surface area contributed by atoms with Crippen LogP contribution in [0.15, 0.2) is 47.4 Å². The monoisotopic (exact) mass is 600 g/mol. The number of hydrogen-bond acceptors (Lipinski definition) is 8. The van der Waals surface area contributed by atoms with Gasteiger partial charge in [-0.2, -0.15) is 4.98 Å². The average molecular weight is 601 g/mol. The first-order valence-electron chi connectivity index (χ1n) is 13.3. The van der Waals surface area contributed by atoms with Crippen molar-refractivity contribution < 1.29 is 26.7 Å². The van der Waals surface area contributed by atoms with Gasteiger partial charge in [0.2, 0.25) is 5.95 Å². The highest BCUT2D eigenvalue weighted by molar-refractivity contribution is 7.91. The van der Waals surface area contributed by atoms with Gasteiger partial charge in [-0.1, -0.05) is 29.8 Å². The Hall–Kier alpha value is -3.57. The Balaban J connectivity index is 1.39. The molecule has 0 aliphatic carbocycles. The standard InChI is InChI=1S/C29H27ClF2N4O4S/c1-40-26(37)14-18-13-23(32)25(15-22(18)31)33-28-27-24(3-2-10-41(27,38)39)34-29(35-28)36-20-8-9-21(36)12-17(11-20)16-4-6-19(30)7-5-16/h4-7,11,13,15,20-21H,2-3,8-10,12,14H2,1H3,(H,33,34,35). The summed E-state index contributed by atoms with van der Waals surface area (Å²) in [5.41, 5.74) is 2.19. The molecule has 0 spiro atoms. The number of carbonyl (C=O) groups is 1. The molecule has 0 saturated carbocycles. The number of sulfone groups is 1. The zero-order valence-corrected chi connectivity index (χ0v) is 23.7. The van der Waals surface area contributed by atoms with E-state index in [2.05, 4.69) is 26.0 Å². The van der Waals surface area contributed by atoms with Crippen LogP contribution in [0.1, 0.15) is 42.5 Å². The fraction of sp³-hybridized carbons (Fsp3) is 0.345. The lowest BCUT2D eigenvalue weighted by Gasteiger charge is -2.35. The second kappa shape index (κ2) is 10.7. The van der Waals surface area contributed by atoms with Crippen molar-refractivity contribution in [1.29, 1.82) is 0 Å². The molecule has 2 bridgehead atoms. The molecule has 0 radical (unpaired) electrons. The van der Waals surface area contributed by atoms with Crippen LogP contribution in [0.3, 0.4) is 0 Å². The van der Waals surface area contributed by atoms with E-state index in [4.69, 9.17) is 16.6 Å². The zero-order chi connectivity index (χ0) is 28.9. The number of hydrogen-bond donors (Lipinski definition) is 1. The molecule has 2 aromatic carbocycles. The number of methoxy groups -OCH3 is 1. The number of nitrogens with one attached hydrogen (secondary N) is 1. The smallest absolute Gasteiger partial charge is 0.310 e. The van der Waals surface area contributed by atoms with Gasteiger partial charge < -0.3 is 15.0 Å². The molecule has 3 aliphatic rings. The maximum absolute atomic E-state index is 15.1. The quantitative estimate of drug-likeness (QED) is 0.375. The van der Waals surface area contributed by atoms with Crippen LogP contribution >= 0.6 is 11.6 Å².